The second kappa shape index (κ2) is 8.24. The van der Waals surface area contributed by atoms with Crippen LogP contribution in [-0.2, 0) is 0 Å². The second-order valence-corrected chi connectivity index (χ2v) is 8.36. The van der Waals surface area contributed by atoms with Gasteiger partial charge < -0.3 is 19.9 Å². The molecule has 30 heavy (non-hydrogen) atoms. The van der Waals surface area contributed by atoms with E-state index in [4.69, 9.17) is 9.72 Å². The third kappa shape index (κ3) is 3.63. The molecule has 0 saturated carbocycles. The Balaban J connectivity index is 1.41. The van der Waals surface area contributed by atoms with Crippen LogP contribution in [0.1, 0.15) is 42.7 Å². The summed E-state index contributed by atoms with van der Waals surface area (Å²) in [5.41, 5.74) is 3.11. The molecule has 2 aliphatic heterocycles. The van der Waals surface area contributed by atoms with Gasteiger partial charge in [0, 0.05) is 38.6 Å². The number of likely N-dealkylation sites (N-methyl/N-ethyl adjacent to an activating group) is 1. The molecule has 0 spiro atoms. The van der Waals surface area contributed by atoms with E-state index in [1.54, 1.807) is 7.11 Å². The van der Waals surface area contributed by atoms with Gasteiger partial charge >= 0.3 is 0 Å². The number of rotatable bonds is 4. The van der Waals surface area contributed by atoms with E-state index >= 15 is 0 Å². The van der Waals surface area contributed by atoms with Crippen molar-refractivity contribution in [2.75, 3.05) is 45.2 Å². The van der Waals surface area contributed by atoms with Gasteiger partial charge in [0.25, 0.3) is 0 Å². The molecule has 7 nitrogen and oxygen atoms in total. The topological polar surface area (TPSA) is 57.9 Å². The quantitative estimate of drug-likeness (QED) is 0.719. The van der Waals surface area contributed by atoms with Crippen LogP contribution >= 0.6 is 0 Å². The highest BCUT2D eigenvalue weighted by molar-refractivity contribution is 5.53. The Labute approximate surface area is 177 Å². The molecule has 7 heteroatoms. The van der Waals surface area contributed by atoms with Crippen molar-refractivity contribution in [2.45, 2.75) is 31.3 Å². The van der Waals surface area contributed by atoms with Gasteiger partial charge in [0.05, 0.1) is 30.6 Å². The summed E-state index contributed by atoms with van der Waals surface area (Å²) in [4.78, 5) is 14.4. The van der Waals surface area contributed by atoms with Gasteiger partial charge in [-0.2, -0.15) is 0 Å². The Hall–Kier alpha value is -2.64. The van der Waals surface area contributed by atoms with Crippen LogP contribution in [0.3, 0.4) is 0 Å². The maximum Gasteiger partial charge on any atom is 0.141 e. The van der Waals surface area contributed by atoms with Gasteiger partial charge in [0.1, 0.15) is 17.2 Å². The van der Waals surface area contributed by atoms with Crippen molar-refractivity contribution in [3.05, 3.63) is 54.1 Å². The van der Waals surface area contributed by atoms with Crippen molar-refractivity contribution in [2.24, 2.45) is 0 Å². The van der Waals surface area contributed by atoms with Gasteiger partial charge in [-0.15, -0.1) is 0 Å². The van der Waals surface area contributed by atoms with Crippen molar-refractivity contribution < 1.29 is 4.74 Å². The number of piperidine rings is 1. The van der Waals surface area contributed by atoms with E-state index in [2.05, 4.69) is 55.9 Å². The van der Waals surface area contributed by atoms with Gasteiger partial charge in [-0.3, -0.25) is 9.38 Å². The maximum atomic E-state index is 5.55. The summed E-state index contributed by atoms with van der Waals surface area (Å²) in [6.07, 6.45) is 7.35. The standard InChI is InChI=1S/C23H30N6O/c1-27-12-14-28(15-13-27)22-10-4-9-21-26-19(16-29(21)22)17-6-3-7-18(25-17)23-20(30-2)8-5-11-24-23/h4-5,8-11,16-18,25H,3,6-7,12-15H2,1-2H3/t17-,18?/m1/s1. The van der Waals surface area contributed by atoms with Crippen molar-refractivity contribution in [1.29, 1.82) is 0 Å². The molecule has 2 saturated heterocycles. The highest BCUT2D eigenvalue weighted by Gasteiger charge is 2.28. The zero-order chi connectivity index (χ0) is 20.5. The van der Waals surface area contributed by atoms with Crippen LogP contribution in [0.25, 0.3) is 5.65 Å². The first-order valence-corrected chi connectivity index (χ1v) is 10.9. The minimum atomic E-state index is 0.182. The second-order valence-electron chi connectivity index (χ2n) is 8.36. The van der Waals surface area contributed by atoms with E-state index in [1.807, 2.05) is 18.3 Å². The molecule has 0 bridgehead atoms. The molecule has 2 fully saturated rings. The van der Waals surface area contributed by atoms with Gasteiger partial charge in [-0.05, 0) is 50.6 Å². The van der Waals surface area contributed by atoms with E-state index in [1.165, 1.54) is 5.82 Å². The van der Waals surface area contributed by atoms with Gasteiger partial charge in [0.15, 0.2) is 0 Å². The fourth-order valence-electron chi connectivity index (χ4n) is 4.70. The lowest BCUT2D eigenvalue weighted by atomic mass is 9.94. The number of ether oxygens (including phenoxy) is 1. The highest BCUT2D eigenvalue weighted by Crippen LogP contribution is 2.35. The molecule has 1 unspecified atom stereocenters. The summed E-state index contributed by atoms with van der Waals surface area (Å²) in [6.45, 7) is 4.28. The van der Waals surface area contributed by atoms with Crippen LogP contribution in [0.4, 0.5) is 5.82 Å². The molecule has 0 amide bonds. The normalized spacial score (nSPS) is 23.1. The average Bonchev–Trinajstić information content (AvgIpc) is 3.24. The number of nitrogens with zero attached hydrogens (tertiary/aromatic N) is 5. The molecular weight excluding hydrogens is 376 g/mol. The Bertz CT molecular complexity index is 1010. The fraction of sp³-hybridized carbons (Fsp3) is 0.478. The third-order valence-electron chi connectivity index (χ3n) is 6.41. The molecule has 0 radical (unpaired) electrons. The molecular formula is C23H30N6O. The van der Waals surface area contributed by atoms with Crippen LogP contribution in [0, 0.1) is 0 Å². The lowest BCUT2D eigenvalue weighted by Crippen LogP contribution is -2.45. The first-order valence-electron chi connectivity index (χ1n) is 10.9. The predicted octanol–water partition coefficient (Wildman–Crippen LogP) is 3.05. The molecule has 1 N–H and O–H groups in total. The summed E-state index contributed by atoms with van der Waals surface area (Å²) in [5, 5.41) is 3.79. The van der Waals surface area contributed by atoms with Crippen molar-refractivity contribution in [1.82, 2.24) is 24.6 Å². The summed E-state index contributed by atoms with van der Waals surface area (Å²) in [6, 6.07) is 10.7. The predicted molar refractivity (Wildman–Crippen MR) is 118 cm³/mol. The molecule has 0 aromatic carbocycles. The zero-order valence-corrected chi connectivity index (χ0v) is 17.8. The van der Waals surface area contributed by atoms with Crippen LogP contribution < -0.4 is 15.0 Å². The maximum absolute atomic E-state index is 5.55. The summed E-state index contributed by atoms with van der Waals surface area (Å²) < 4.78 is 7.80. The number of pyridine rings is 2. The minimum Gasteiger partial charge on any atom is -0.495 e. The van der Waals surface area contributed by atoms with Gasteiger partial charge in [0.2, 0.25) is 0 Å². The van der Waals surface area contributed by atoms with Crippen LogP contribution in [0.5, 0.6) is 5.75 Å². The monoisotopic (exact) mass is 406 g/mol. The van der Waals surface area contributed by atoms with E-state index in [0.29, 0.717) is 0 Å². The van der Waals surface area contributed by atoms with E-state index in [0.717, 1.165) is 68.2 Å². The zero-order valence-electron chi connectivity index (χ0n) is 17.8. The number of nitrogens with one attached hydrogen (secondary N) is 1. The average molecular weight is 407 g/mol. The van der Waals surface area contributed by atoms with Crippen molar-refractivity contribution in [3.8, 4) is 5.75 Å². The minimum absolute atomic E-state index is 0.182. The lowest BCUT2D eigenvalue weighted by molar-refractivity contribution is 0.309. The molecule has 3 aromatic rings. The van der Waals surface area contributed by atoms with Crippen molar-refractivity contribution >= 4 is 11.5 Å². The SMILES string of the molecule is COc1cccnc1C1CCC[C@H](c2cn3c(N4CCN(C)CC4)cccc3n2)N1. The number of anilines is 1. The molecule has 158 valence electrons. The number of hydrogen-bond donors (Lipinski definition) is 1. The van der Waals surface area contributed by atoms with Gasteiger partial charge in [-0.25, -0.2) is 4.98 Å². The Morgan fingerprint density at radius 3 is 2.70 bits per heavy atom. The van der Waals surface area contributed by atoms with Crippen molar-refractivity contribution in [3.63, 3.8) is 0 Å². The number of aromatic nitrogens is 3. The molecule has 5 rings (SSSR count). The first kappa shape index (κ1) is 19.3. The molecule has 5 heterocycles. The van der Waals surface area contributed by atoms with Crippen LogP contribution in [0.2, 0.25) is 0 Å². The summed E-state index contributed by atoms with van der Waals surface area (Å²) >= 11 is 0. The summed E-state index contributed by atoms with van der Waals surface area (Å²) in [5.74, 6) is 2.08. The molecule has 2 aliphatic rings. The number of piperazine rings is 1. The number of imidazole rings is 1. The summed E-state index contributed by atoms with van der Waals surface area (Å²) in [7, 11) is 3.90. The van der Waals surface area contributed by atoms with Crippen LogP contribution in [0.15, 0.2) is 42.7 Å². The number of hydrogen-bond acceptors (Lipinski definition) is 6. The van der Waals surface area contributed by atoms with Crippen LogP contribution in [-0.4, -0.2) is 59.6 Å². The molecule has 3 aromatic heterocycles. The highest BCUT2D eigenvalue weighted by atomic mass is 16.5. The first-order chi connectivity index (χ1) is 14.7. The largest absolute Gasteiger partial charge is 0.495 e. The number of fused-ring (bicyclic) bond motifs is 1. The molecule has 0 aliphatic carbocycles. The smallest absolute Gasteiger partial charge is 0.141 e. The Morgan fingerprint density at radius 1 is 1.03 bits per heavy atom. The van der Waals surface area contributed by atoms with E-state index in [-0.39, 0.29) is 12.1 Å². The number of methoxy groups -OCH3 is 1. The van der Waals surface area contributed by atoms with Gasteiger partial charge in [-0.1, -0.05) is 6.07 Å². The lowest BCUT2D eigenvalue weighted by Gasteiger charge is -2.34. The molecule has 2 atom stereocenters. The van der Waals surface area contributed by atoms with E-state index < -0.39 is 0 Å². The third-order valence-corrected chi connectivity index (χ3v) is 6.41. The Morgan fingerprint density at radius 2 is 1.87 bits per heavy atom. The van der Waals surface area contributed by atoms with E-state index in [9.17, 15) is 0 Å². The Kier molecular flexibility index (Phi) is 5.31. The fourth-order valence-corrected chi connectivity index (χ4v) is 4.70.